The van der Waals surface area contributed by atoms with Crippen molar-refractivity contribution in [3.05, 3.63) is 64.8 Å². The van der Waals surface area contributed by atoms with Crippen molar-refractivity contribution in [2.75, 3.05) is 0 Å². The molecule has 0 saturated heterocycles. The highest BCUT2D eigenvalue weighted by molar-refractivity contribution is 7.09. The molecule has 0 bridgehead atoms. The fraction of sp³-hybridized carbons (Fsp3) is 0.125. The first-order valence-electron chi connectivity index (χ1n) is 7.02. The monoisotopic (exact) mass is 325 g/mol. The second kappa shape index (κ2) is 6.97. The van der Waals surface area contributed by atoms with Crippen molar-refractivity contribution in [2.45, 2.75) is 13.5 Å². The van der Waals surface area contributed by atoms with Gasteiger partial charge >= 0.3 is 0 Å². The van der Waals surface area contributed by atoms with Gasteiger partial charge in [-0.25, -0.2) is 15.0 Å². The lowest BCUT2D eigenvalue weighted by Crippen LogP contribution is -2.20. The zero-order valence-electron chi connectivity index (χ0n) is 12.5. The number of carbonyl (C=O) groups is 1. The molecular formula is C16H15N5OS. The van der Waals surface area contributed by atoms with Crippen LogP contribution in [0.2, 0.25) is 0 Å². The highest BCUT2D eigenvalue weighted by Gasteiger charge is 2.01. The van der Waals surface area contributed by atoms with Crippen molar-refractivity contribution < 1.29 is 4.79 Å². The van der Waals surface area contributed by atoms with E-state index in [1.54, 1.807) is 36.1 Å². The maximum Gasteiger partial charge on any atom is 0.244 e. The first-order valence-corrected chi connectivity index (χ1v) is 7.90. The number of carbonyl (C=O) groups excluding carboxylic acids is 1. The Morgan fingerprint density at radius 2 is 2.35 bits per heavy atom. The number of hydrogen-bond acceptors (Lipinski definition) is 5. The molecule has 7 heteroatoms. The van der Waals surface area contributed by atoms with Gasteiger partial charge in [0.2, 0.25) is 5.91 Å². The molecule has 0 aromatic carbocycles. The quantitative estimate of drug-likeness (QED) is 0.731. The van der Waals surface area contributed by atoms with Gasteiger partial charge in [0.1, 0.15) is 12.1 Å². The predicted molar refractivity (Wildman–Crippen MR) is 89.1 cm³/mol. The third kappa shape index (κ3) is 4.10. The van der Waals surface area contributed by atoms with Crippen LogP contribution in [0, 0.1) is 6.92 Å². The van der Waals surface area contributed by atoms with Gasteiger partial charge in [-0.15, -0.1) is 11.3 Å². The lowest BCUT2D eigenvalue weighted by atomic mass is 10.2. The van der Waals surface area contributed by atoms with E-state index in [9.17, 15) is 4.79 Å². The van der Waals surface area contributed by atoms with Gasteiger partial charge in [-0.05, 0) is 24.6 Å². The molecule has 0 aliphatic carbocycles. The molecule has 116 valence electrons. The molecule has 0 aliphatic rings. The van der Waals surface area contributed by atoms with Crippen molar-refractivity contribution in [1.82, 2.24) is 24.8 Å². The number of nitrogens with one attached hydrogen (secondary N) is 1. The summed E-state index contributed by atoms with van der Waals surface area (Å²) >= 11 is 1.56. The molecule has 23 heavy (non-hydrogen) atoms. The van der Waals surface area contributed by atoms with Crippen LogP contribution < -0.4 is 5.32 Å². The van der Waals surface area contributed by atoms with Crippen LogP contribution in [0.15, 0.2) is 48.5 Å². The van der Waals surface area contributed by atoms with E-state index < -0.39 is 0 Å². The summed E-state index contributed by atoms with van der Waals surface area (Å²) in [5.74, 6) is 0.630. The Hall–Kier alpha value is -2.80. The first kappa shape index (κ1) is 15.1. The Morgan fingerprint density at radius 1 is 1.43 bits per heavy atom. The van der Waals surface area contributed by atoms with Crippen molar-refractivity contribution in [1.29, 1.82) is 0 Å². The summed E-state index contributed by atoms with van der Waals surface area (Å²) in [6.45, 7) is 2.36. The largest absolute Gasteiger partial charge is 0.348 e. The molecule has 0 atom stereocenters. The van der Waals surface area contributed by atoms with Crippen molar-refractivity contribution in [3.8, 4) is 5.82 Å². The summed E-state index contributed by atoms with van der Waals surface area (Å²) in [6, 6.07) is 3.81. The maximum atomic E-state index is 11.8. The smallest absolute Gasteiger partial charge is 0.244 e. The van der Waals surface area contributed by atoms with Gasteiger partial charge in [-0.1, -0.05) is 6.07 Å². The summed E-state index contributed by atoms with van der Waals surface area (Å²) in [5, 5.41) is 5.72. The van der Waals surface area contributed by atoms with Gasteiger partial charge in [0.15, 0.2) is 0 Å². The summed E-state index contributed by atoms with van der Waals surface area (Å²) in [5.41, 5.74) is 1.73. The van der Waals surface area contributed by atoms with E-state index in [0.29, 0.717) is 6.54 Å². The number of aromatic nitrogens is 4. The minimum absolute atomic E-state index is 0.158. The zero-order chi connectivity index (χ0) is 16.1. The number of thiazole rings is 1. The van der Waals surface area contributed by atoms with Crippen LogP contribution in [0.3, 0.4) is 0 Å². The van der Waals surface area contributed by atoms with E-state index in [1.807, 2.05) is 35.2 Å². The van der Waals surface area contributed by atoms with Crippen molar-refractivity contribution in [3.63, 3.8) is 0 Å². The minimum Gasteiger partial charge on any atom is -0.348 e. The van der Waals surface area contributed by atoms with E-state index in [2.05, 4.69) is 20.3 Å². The SMILES string of the molecule is Cc1nc(/C=C/C(=O)NCc2ccc(-n3ccnc3)nc2)cs1. The van der Waals surface area contributed by atoms with Crippen molar-refractivity contribution >= 4 is 23.3 Å². The van der Waals surface area contributed by atoms with E-state index in [4.69, 9.17) is 0 Å². The molecule has 0 aliphatic heterocycles. The van der Waals surface area contributed by atoms with Gasteiger partial charge in [0.05, 0.1) is 10.7 Å². The molecule has 1 amide bonds. The fourth-order valence-electron chi connectivity index (χ4n) is 1.93. The molecule has 0 spiro atoms. The molecule has 3 heterocycles. The van der Waals surface area contributed by atoms with E-state index >= 15 is 0 Å². The Bertz CT molecular complexity index is 805. The topological polar surface area (TPSA) is 72.7 Å². The Labute approximate surface area is 137 Å². The Kier molecular flexibility index (Phi) is 4.58. The van der Waals surface area contributed by atoms with Crippen LogP contribution in [0.5, 0.6) is 0 Å². The molecule has 0 radical (unpaired) electrons. The lowest BCUT2D eigenvalue weighted by molar-refractivity contribution is -0.116. The highest BCUT2D eigenvalue weighted by atomic mass is 32.1. The number of amides is 1. The highest BCUT2D eigenvalue weighted by Crippen LogP contribution is 2.09. The normalized spacial score (nSPS) is 11.0. The zero-order valence-corrected chi connectivity index (χ0v) is 13.3. The van der Waals surface area contributed by atoms with Crippen LogP contribution in [-0.4, -0.2) is 25.4 Å². The summed E-state index contributed by atoms with van der Waals surface area (Å²) in [4.78, 5) is 24.4. The number of imidazole rings is 1. The second-order valence-electron chi connectivity index (χ2n) is 4.84. The van der Waals surface area contributed by atoms with E-state index in [1.165, 1.54) is 6.08 Å². The number of pyridine rings is 1. The molecule has 3 aromatic heterocycles. The molecule has 6 nitrogen and oxygen atoms in total. The molecular weight excluding hydrogens is 310 g/mol. The van der Waals surface area contributed by atoms with Gasteiger partial charge in [0, 0.05) is 36.6 Å². The summed E-state index contributed by atoms with van der Waals surface area (Å²) in [7, 11) is 0. The maximum absolute atomic E-state index is 11.8. The Morgan fingerprint density at radius 3 is 3.00 bits per heavy atom. The minimum atomic E-state index is -0.158. The Balaban J connectivity index is 1.53. The average molecular weight is 325 g/mol. The number of rotatable bonds is 5. The molecule has 3 aromatic rings. The van der Waals surface area contributed by atoms with Crippen LogP contribution in [-0.2, 0) is 11.3 Å². The molecule has 0 fully saturated rings. The molecule has 0 saturated carbocycles. The van der Waals surface area contributed by atoms with Gasteiger partial charge in [0.25, 0.3) is 0 Å². The third-order valence-electron chi connectivity index (χ3n) is 3.09. The fourth-order valence-corrected chi connectivity index (χ4v) is 2.52. The summed E-state index contributed by atoms with van der Waals surface area (Å²) < 4.78 is 1.82. The number of aryl methyl sites for hydroxylation is 1. The number of nitrogens with zero attached hydrogens (tertiary/aromatic N) is 4. The standard InChI is InChI=1S/C16H15N5OS/c1-12-20-14(10-23-12)3-5-16(22)19-9-13-2-4-15(18-8-13)21-7-6-17-11-21/h2-8,10-11H,9H2,1H3,(H,19,22)/b5-3+. The first-order chi connectivity index (χ1) is 11.2. The van der Waals surface area contributed by atoms with Crippen LogP contribution >= 0.6 is 11.3 Å². The second-order valence-corrected chi connectivity index (χ2v) is 5.90. The number of hydrogen-bond donors (Lipinski definition) is 1. The summed E-state index contributed by atoms with van der Waals surface area (Å²) in [6.07, 6.45) is 10.2. The predicted octanol–water partition coefficient (Wildman–Crippen LogP) is 2.36. The average Bonchev–Trinajstić information content (AvgIpc) is 3.23. The van der Waals surface area contributed by atoms with Crippen LogP contribution in [0.25, 0.3) is 11.9 Å². The van der Waals surface area contributed by atoms with Crippen LogP contribution in [0.1, 0.15) is 16.3 Å². The third-order valence-corrected chi connectivity index (χ3v) is 3.88. The van der Waals surface area contributed by atoms with Crippen molar-refractivity contribution in [2.24, 2.45) is 0 Å². The van der Waals surface area contributed by atoms with Gasteiger partial charge < -0.3 is 5.32 Å². The molecule has 1 N–H and O–H groups in total. The molecule has 3 rings (SSSR count). The molecule has 0 unspecified atom stereocenters. The van der Waals surface area contributed by atoms with E-state index in [0.717, 1.165) is 22.1 Å². The van der Waals surface area contributed by atoms with Gasteiger partial charge in [-0.2, -0.15) is 0 Å². The lowest BCUT2D eigenvalue weighted by Gasteiger charge is -2.04. The van der Waals surface area contributed by atoms with Gasteiger partial charge in [-0.3, -0.25) is 9.36 Å². The van der Waals surface area contributed by atoms with Crippen LogP contribution in [0.4, 0.5) is 0 Å². The van der Waals surface area contributed by atoms with E-state index in [-0.39, 0.29) is 5.91 Å².